The minimum Gasteiger partial charge on any atom is -0.378 e. The van der Waals surface area contributed by atoms with Gasteiger partial charge in [0.25, 0.3) is 0 Å². The molecule has 3 rings (SSSR count). The molecule has 148 valence electrons. The second kappa shape index (κ2) is 7.24. The molecular formula is C26H33NO. The van der Waals surface area contributed by atoms with Crippen LogP contribution in [0.3, 0.4) is 0 Å². The molecule has 2 nitrogen and oxygen atoms in total. The molecule has 0 fully saturated rings. The van der Waals surface area contributed by atoms with Gasteiger partial charge in [-0.25, -0.2) is 0 Å². The molecule has 0 N–H and O–H groups in total. The van der Waals surface area contributed by atoms with E-state index in [4.69, 9.17) is 0 Å². The summed E-state index contributed by atoms with van der Waals surface area (Å²) in [6, 6.07) is 12.6. The maximum absolute atomic E-state index is 13.0. The Kier molecular flexibility index (Phi) is 5.27. The highest BCUT2D eigenvalue weighted by Crippen LogP contribution is 2.46. The molecule has 0 bridgehead atoms. The molecule has 1 aliphatic carbocycles. The lowest BCUT2D eigenvalue weighted by atomic mass is 9.62. The van der Waals surface area contributed by atoms with Crippen LogP contribution in [-0.4, -0.2) is 19.9 Å². The molecule has 0 radical (unpaired) electrons. The van der Waals surface area contributed by atoms with Crippen molar-refractivity contribution in [3.05, 3.63) is 70.3 Å². The Morgan fingerprint density at radius 2 is 1.46 bits per heavy atom. The molecule has 0 saturated heterocycles. The van der Waals surface area contributed by atoms with Crippen molar-refractivity contribution in [3.8, 4) is 0 Å². The number of hydrogen-bond acceptors (Lipinski definition) is 2. The summed E-state index contributed by atoms with van der Waals surface area (Å²) in [5.74, 6) is 0.0798. The zero-order chi connectivity index (χ0) is 20.7. The molecule has 0 saturated carbocycles. The van der Waals surface area contributed by atoms with Crippen LogP contribution in [0.5, 0.6) is 0 Å². The predicted octanol–water partition coefficient (Wildman–Crippen LogP) is 6.31. The van der Waals surface area contributed by atoms with E-state index in [2.05, 4.69) is 63.8 Å². The number of rotatable bonds is 4. The number of benzene rings is 2. The molecular weight excluding hydrogens is 342 g/mol. The highest BCUT2D eigenvalue weighted by atomic mass is 16.1. The third-order valence-corrected chi connectivity index (χ3v) is 6.30. The van der Waals surface area contributed by atoms with Crippen LogP contribution in [-0.2, 0) is 10.8 Å². The van der Waals surface area contributed by atoms with E-state index < -0.39 is 0 Å². The molecule has 0 amide bonds. The molecule has 0 atom stereocenters. The largest absolute Gasteiger partial charge is 0.378 e. The summed E-state index contributed by atoms with van der Waals surface area (Å²) < 4.78 is 0. The zero-order valence-electron chi connectivity index (χ0n) is 18.4. The van der Waals surface area contributed by atoms with Crippen LogP contribution in [0.25, 0.3) is 6.08 Å². The first-order chi connectivity index (χ1) is 13.0. The number of ketones is 1. The number of carbonyl (C=O) groups excluding carboxylic acids is 1. The van der Waals surface area contributed by atoms with Crippen molar-refractivity contribution >= 4 is 17.5 Å². The second-order valence-corrected chi connectivity index (χ2v) is 9.66. The number of nitrogens with zero attached hydrogens (tertiary/aromatic N) is 1. The van der Waals surface area contributed by atoms with E-state index in [0.29, 0.717) is 0 Å². The molecule has 0 aromatic heterocycles. The smallest absolute Gasteiger partial charge is 0.186 e. The highest BCUT2D eigenvalue weighted by molar-refractivity contribution is 6.08. The summed E-state index contributed by atoms with van der Waals surface area (Å²) in [7, 11) is 4.05. The van der Waals surface area contributed by atoms with Crippen molar-refractivity contribution in [2.75, 3.05) is 19.0 Å². The minimum absolute atomic E-state index is 0.0798. The van der Waals surface area contributed by atoms with Gasteiger partial charge in [0, 0.05) is 25.3 Å². The number of carbonyl (C=O) groups is 1. The van der Waals surface area contributed by atoms with Gasteiger partial charge in [-0.05, 0) is 77.1 Å². The minimum atomic E-state index is 0.0798. The first-order valence-electron chi connectivity index (χ1n) is 10.2. The van der Waals surface area contributed by atoms with Crippen LogP contribution >= 0.6 is 0 Å². The lowest BCUT2D eigenvalue weighted by Gasteiger charge is -2.42. The fourth-order valence-electron chi connectivity index (χ4n) is 4.13. The van der Waals surface area contributed by atoms with Gasteiger partial charge in [-0.1, -0.05) is 52.0 Å². The average Bonchev–Trinajstić information content (AvgIpc) is 2.63. The Labute approximate surface area is 170 Å². The molecule has 0 aliphatic heterocycles. The van der Waals surface area contributed by atoms with Crippen molar-refractivity contribution in [1.29, 1.82) is 0 Å². The van der Waals surface area contributed by atoms with Gasteiger partial charge in [-0.15, -0.1) is 0 Å². The van der Waals surface area contributed by atoms with Crippen LogP contribution in [0.2, 0.25) is 0 Å². The Morgan fingerprint density at radius 3 is 2.00 bits per heavy atom. The van der Waals surface area contributed by atoms with E-state index in [-0.39, 0.29) is 16.6 Å². The molecule has 2 heteroatoms. The van der Waals surface area contributed by atoms with Crippen molar-refractivity contribution in [2.24, 2.45) is 0 Å². The van der Waals surface area contributed by atoms with Gasteiger partial charge >= 0.3 is 0 Å². The molecule has 2 aromatic carbocycles. The molecule has 28 heavy (non-hydrogen) atoms. The van der Waals surface area contributed by atoms with E-state index in [1.54, 1.807) is 6.08 Å². The van der Waals surface area contributed by atoms with Gasteiger partial charge in [0.15, 0.2) is 5.78 Å². The van der Waals surface area contributed by atoms with E-state index in [0.717, 1.165) is 28.8 Å². The van der Waals surface area contributed by atoms with Gasteiger partial charge < -0.3 is 4.90 Å². The van der Waals surface area contributed by atoms with Gasteiger partial charge in [-0.3, -0.25) is 4.79 Å². The van der Waals surface area contributed by atoms with E-state index in [9.17, 15) is 4.79 Å². The normalized spacial score (nSPS) is 17.4. The number of allylic oxidation sites excluding steroid dienone is 1. The van der Waals surface area contributed by atoms with Crippen LogP contribution in [0, 0.1) is 6.92 Å². The zero-order valence-corrected chi connectivity index (χ0v) is 18.4. The van der Waals surface area contributed by atoms with Crippen LogP contribution in [0.1, 0.15) is 73.1 Å². The number of fused-ring (bicyclic) bond motifs is 1. The van der Waals surface area contributed by atoms with E-state index >= 15 is 0 Å². The lowest BCUT2D eigenvalue weighted by molar-refractivity contribution is 0.104. The van der Waals surface area contributed by atoms with Crippen molar-refractivity contribution in [1.82, 2.24) is 0 Å². The maximum atomic E-state index is 13.0. The van der Waals surface area contributed by atoms with E-state index in [1.807, 2.05) is 32.3 Å². The topological polar surface area (TPSA) is 20.3 Å². The van der Waals surface area contributed by atoms with Crippen molar-refractivity contribution in [2.45, 2.75) is 58.3 Å². The summed E-state index contributed by atoms with van der Waals surface area (Å²) in [4.78, 5) is 15.0. The Morgan fingerprint density at radius 1 is 0.929 bits per heavy atom. The third-order valence-electron chi connectivity index (χ3n) is 6.30. The standard InChI is InChI=1S/C26H33NO/c1-18-16-22-23(26(4,5)15-14-25(22,2)3)17-21(18)24(28)13-10-19-8-11-20(12-9-19)27(6)7/h8-13,16-17H,14-15H2,1-7H3/b13-10+. The van der Waals surface area contributed by atoms with Crippen LogP contribution in [0.4, 0.5) is 5.69 Å². The Balaban J connectivity index is 1.92. The SMILES string of the molecule is Cc1cc2c(cc1C(=O)/C=C/c1ccc(N(C)C)cc1)C(C)(C)CCC2(C)C. The van der Waals surface area contributed by atoms with E-state index in [1.165, 1.54) is 17.5 Å². The Bertz CT molecular complexity index is 914. The van der Waals surface area contributed by atoms with Crippen molar-refractivity contribution < 1.29 is 4.79 Å². The molecule has 0 unspecified atom stereocenters. The fraction of sp³-hybridized carbons (Fsp3) is 0.423. The van der Waals surface area contributed by atoms with Gasteiger partial charge in [0.05, 0.1) is 0 Å². The predicted molar refractivity (Wildman–Crippen MR) is 121 cm³/mol. The van der Waals surface area contributed by atoms with Gasteiger partial charge in [0.1, 0.15) is 0 Å². The van der Waals surface area contributed by atoms with Crippen LogP contribution < -0.4 is 4.90 Å². The van der Waals surface area contributed by atoms with Gasteiger partial charge in [-0.2, -0.15) is 0 Å². The highest BCUT2D eigenvalue weighted by Gasteiger charge is 2.37. The lowest BCUT2D eigenvalue weighted by Crippen LogP contribution is -2.34. The monoisotopic (exact) mass is 375 g/mol. The number of hydrogen-bond donors (Lipinski definition) is 0. The molecule has 2 aromatic rings. The Hall–Kier alpha value is -2.35. The summed E-state index contributed by atoms with van der Waals surface area (Å²) >= 11 is 0. The summed E-state index contributed by atoms with van der Waals surface area (Å²) in [6.07, 6.45) is 5.95. The maximum Gasteiger partial charge on any atom is 0.186 e. The first-order valence-corrected chi connectivity index (χ1v) is 10.2. The molecule has 0 spiro atoms. The molecule has 1 aliphatic rings. The molecule has 0 heterocycles. The first kappa shape index (κ1) is 20.4. The quantitative estimate of drug-likeness (QED) is 0.461. The summed E-state index contributed by atoms with van der Waals surface area (Å²) in [6.45, 7) is 11.3. The fourth-order valence-corrected chi connectivity index (χ4v) is 4.13. The van der Waals surface area contributed by atoms with Crippen LogP contribution in [0.15, 0.2) is 42.5 Å². The summed E-state index contributed by atoms with van der Waals surface area (Å²) in [5.41, 5.74) is 7.10. The summed E-state index contributed by atoms with van der Waals surface area (Å²) in [5, 5.41) is 0. The third kappa shape index (κ3) is 3.92. The van der Waals surface area contributed by atoms with Gasteiger partial charge in [0.2, 0.25) is 0 Å². The second-order valence-electron chi connectivity index (χ2n) is 9.66. The number of anilines is 1. The average molecular weight is 376 g/mol. The van der Waals surface area contributed by atoms with Crippen molar-refractivity contribution in [3.63, 3.8) is 0 Å². The number of aryl methyl sites for hydroxylation is 1.